The molecule has 100 valence electrons. The van der Waals surface area contributed by atoms with Gasteiger partial charge >= 0.3 is 5.97 Å². The molecule has 1 unspecified atom stereocenters. The van der Waals surface area contributed by atoms with Gasteiger partial charge in [-0.3, -0.25) is 4.79 Å². The number of ether oxygens (including phenoxy) is 1. The SMILES string of the molecule is CC(CN(C)CCN)C(=O)OCc1ccccc1. The maximum atomic E-state index is 11.8. The van der Waals surface area contributed by atoms with Crippen molar-refractivity contribution in [2.45, 2.75) is 13.5 Å². The number of esters is 1. The fraction of sp³-hybridized carbons (Fsp3) is 0.500. The van der Waals surface area contributed by atoms with E-state index in [1.165, 1.54) is 0 Å². The molecule has 18 heavy (non-hydrogen) atoms. The number of benzene rings is 1. The minimum atomic E-state index is -0.164. The molecule has 0 aliphatic heterocycles. The maximum absolute atomic E-state index is 11.8. The second-order valence-corrected chi connectivity index (χ2v) is 4.55. The van der Waals surface area contributed by atoms with Crippen LogP contribution in [0.25, 0.3) is 0 Å². The van der Waals surface area contributed by atoms with Gasteiger partial charge in [-0.15, -0.1) is 0 Å². The number of carbonyl (C=O) groups excluding carboxylic acids is 1. The Morgan fingerprint density at radius 1 is 1.39 bits per heavy atom. The molecule has 4 heteroatoms. The molecule has 0 spiro atoms. The minimum absolute atomic E-state index is 0.134. The predicted molar refractivity (Wildman–Crippen MR) is 72.0 cm³/mol. The number of likely N-dealkylation sites (N-methyl/N-ethyl adjacent to an activating group) is 1. The molecule has 0 aromatic heterocycles. The number of rotatable bonds is 7. The summed E-state index contributed by atoms with van der Waals surface area (Å²) in [6.45, 7) is 4.27. The lowest BCUT2D eigenvalue weighted by atomic mass is 10.1. The molecule has 0 amide bonds. The molecule has 1 aromatic rings. The lowest BCUT2D eigenvalue weighted by Crippen LogP contribution is -2.33. The van der Waals surface area contributed by atoms with Crippen LogP contribution < -0.4 is 5.73 Å². The van der Waals surface area contributed by atoms with Crippen LogP contribution in [0.3, 0.4) is 0 Å². The average molecular weight is 250 g/mol. The van der Waals surface area contributed by atoms with Gasteiger partial charge < -0.3 is 15.4 Å². The van der Waals surface area contributed by atoms with Crippen molar-refractivity contribution in [3.8, 4) is 0 Å². The van der Waals surface area contributed by atoms with Crippen LogP contribution in [0.15, 0.2) is 30.3 Å². The first kappa shape index (κ1) is 14.7. The molecule has 0 bridgehead atoms. The molecule has 0 heterocycles. The summed E-state index contributed by atoms with van der Waals surface area (Å²) in [5.41, 5.74) is 6.47. The van der Waals surface area contributed by atoms with Crippen molar-refractivity contribution >= 4 is 5.97 Å². The van der Waals surface area contributed by atoms with Crippen LogP contribution in [0.4, 0.5) is 0 Å². The molecular formula is C14H22N2O2. The van der Waals surface area contributed by atoms with Crippen LogP contribution in [0, 0.1) is 5.92 Å². The summed E-state index contributed by atoms with van der Waals surface area (Å²) in [4.78, 5) is 13.8. The van der Waals surface area contributed by atoms with E-state index in [-0.39, 0.29) is 11.9 Å². The van der Waals surface area contributed by atoms with Gasteiger partial charge in [0, 0.05) is 19.6 Å². The van der Waals surface area contributed by atoms with Gasteiger partial charge in [0.2, 0.25) is 0 Å². The maximum Gasteiger partial charge on any atom is 0.310 e. The van der Waals surface area contributed by atoms with Gasteiger partial charge in [0.1, 0.15) is 6.61 Å². The fourth-order valence-electron chi connectivity index (χ4n) is 1.72. The molecule has 1 rings (SSSR count). The van der Waals surface area contributed by atoms with Crippen molar-refractivity contribution < 1.29 is 9.53 Å². The van der Waals surface area contributed by atoms with Crippen molar-refractivity contribution in [1.82, 2.24) is 4.90 Å². The largest absolute Gasteiger partial charge is 0.461 e. The van der Waals surface area contributed by atoms with E-state index < -0.39 is 0 Å². The van der Waals surface area contributed by atoms with Gasteiger partial charge in [-0.2, -0.15) is 0 Å². The third-order valence-corrected chi connectivity index (χ3v) is 2.72. The van der Waals surface area contributed by atoms with E-state index in [9.17, 15) is 4.79 Å². The van der Waals surface area contributed by atoms with Gasteiger partial charge in [-0.25, -0.2) is 0 Å². The molecule has 0 aliphatic rings. The van der Waals surface area contributed by atoms with Crippen LogP contribution in [-0.4, -0.2) is 37.6 Å². The molecule has 4 nitrogen and oxygen atoms in total. The van der Waals surface area contributed by atoms with Crippen molar-refractivity contribution in [2.24, 2.45) is 11.7 Å². The number of hydrogen-bond donors (Lipinski definition) is 1. The second-order valence-electron chi connectivity index (χ2n) is 4.55. The Morgan fingerprint density at radius 3 is 2.67 bits per heavy atom. The Labute approximate surface area is 109 Å². The molecule has 2 N–H and O–H groups in total. The third-order valence-electron chi connectivity index (χ3n) is 2.72. The molecule has 0 radical (unpaired) electrons. The lowest BCUT2D eigenvalue weighted by Gasteiger charge is -2.19. The zero-order valence-corrected chi connectivity index (χ0v) is 11.1. The zero-order chi connectivity index (χ0) is 13.4. The van der Waals surface area contributed by atoms with Crippen molar-refractivity contribution in [1.29, 1.82) is 0 Å². The first-order valence-corrected chi connectivity index (χ1v) is 6.22. The zero-order valence-electron chi connectivity index (χ0n) is 11.1. The van der Waals surface area contributed by atoms with Gasteiger partial charge in [-0.1, -0.05) is 37.3 Å². The fourth-order valence-corrected chi connectivity index (χ4v) is 1.72. The first-order chi connectivity index (χ1) is 8.63. The standard InChI is InChI=1S/C14H22N2O2/c1-12(10-16(2)9-8-15)14(17)18-11-13-6-4-3-5-7-13/h3-7,12H,8-11,15H2,1-2H3. The van der Waals surface area contributed by atoms with Gasteiger partial charge in [0.15, 0.2) is 0 Å². The molecule has 1 atom stereocenters. The summed E-state index contributed by atoms with van der Waals surface area (Å²) < 4.78 is 5.27. The van der Waals surface area contributed by atoms with E-state index >= 15 is 0 Å². The van der Waals surface area contributed by atoms with Gasteiger partial charge in [0.05, 0.1) is 5.92 Å². The Morgan fingerprint density at radius 2 is 2.06 bits per heavy atom. The summed E-state index contributed by atoms with van der Waals surface area (Å²) >= 11 is 0. The highest BCUT2D eigenvalue weighted by Crippen LogP contribution is 2.05. The predicted octanol–water partition coefficient (Wildman–Crippen LogP) is 1.26. The smallest absolute Gasteiger partial charge is 0.310 e. The Balaban J connectivity index is 2.32. The number of carbonyl (C=O) groups is 1. The van der Waals surface area contributed by atoms with E-state index in [1.54, 1.807) is 0 Å². The highest BCUT2D eigenvalue weighted by atomic mass is 16.5. The van der Waals surface area contributed by atoms with Gasteiger partial charge in [0.25, 0.3) is 0 Å². The molecule has 0 saturated heterocycles. The quantitative estimate of drug-likeness (QED) is 0.740. The summed E-state index contributed by atoms with van der Waals surface area (Å²) in [6, 6.07) is 9.69. The second kappa shape index (κ2) is 7.84. The van der Waals surface area contributed by atoms with E-state index in [4.69, 9.17) is 10.5 Å². The Hall–Kier alpha value is -1.39. The van der Waals surface area contributed by atoms with Crippen molar-refractivity contribution in [2.75, 3.05) is 26.7 Å². The molecular weight excluding hydrogens is 228 g/mol. The Kier molecular flexibility index (Phi) is 6.39. The lowest BCUT2D eigenvalue weighted by molar-refractivity contribution is -0.149. The number of hydrogen-bond acceptors (Lipinski definition) is 4. The summed E-state index contributed by atoms with van der Waals surface area (Å²) in [6.07, 6.45) is 0. The summed E-state index contributed by atoms with van der Waals surface area (Å²) in [5.74, 6) is -0.298. The number of nitrogens with two attached hydrogens (primary N) is 1. The van der Waals surface area contributed by atoms with Crippen molar-refractivity contribution in [3.63, 3.8) is 0 Å². The van der Waals surface area contributed by atoms with E-state index in [0.29, 0.717) is 19.7 Å². The highest BCUT2D eigenvalue weighted by molar-refractivity contribution is 5.72. The molecule has 0 aliphatic carbocycles. The molecule has 1 aromatic carbocycles. The highest BCUT2D eigenvalue weighted by Gasteiger charge is 2.16. The first-order valence-electron chi connectivity index (χ1n) is 6.22. The van der Waals surface area contributed by atoms with Crippen LogP contribution in [0.2, 0.25) is 0 Å². The minimum Gasteiger partial charge on any atom is -0.461 e. The van der Waals surface area contributed by atoms with E-state index in [0.717, 1.165) is 12.1 Å². The van der Waals surface area contributed by atoms with E-state index in [1.807, 2.05) is 49.2 Å². The Bertz CT molecular complexity index is 354. The average Bonchev–Trinajstić information content (AvgIpc) is 2.37. The van der Waals surface area contributed by atoms with Crippen LogP contribution >= 0.6 is 0 Å². The molecule has 0 fully saturated rings. The topological polar surface area (TPSA) is 55.6 Å². The molecule has 0 saturated carbocycles. The monoisotopic (exact) mass is 250 g/mol. The summed E-state index contributed by atoms with van der Waals surface area (Å²) in [5, 5.41) is 0. The normalized spacial score (nSPS) is 12.4. The van der Waals surface area contributed by atoms with Crippen molar-refractivity contribution in [3.05, 3.63) is 35.9 Å². The van der Waals surface area contributed by atoms with Crippen LogP contribution in [0.1, 0.15) is 12.5 Å². The summed E-state index contributed by atoms with van der Waals surface area (Å²) in [7, 11) is 1.95. The third kappa shape index (κ3) is 5.29. The number of nitrogens with zero attached hydrogens (tertiary/aromatic N) is 1. The van der Waals surface area contributed by atoms with E-state index in [2.05, 4.69) is 0 Å². The van der Waals surface area contributed by atoms with Gasteiger partial charge in [-0.05, 0) is 12.6 Å². The van der Waals surface area contributed by atoms with Crippen LogP contribution in [0.5, 0.6) is 0 Å². The van der Waals surface area contributed by atoms with Crippen LogP contribution in [-0.2, 0) is 16.1 Å².